The molecule has 0 N–H and O–H groups in total. The van der Waals surface area contributed by atoms with Gasteiger partial charge in [-0.25, -0.2) is 0 Å². The molecule has 0 fully saturated rings. The Morgan fingerprint density at radius 1 is 0.812 bits per heavy atom. The molecule has 0 saturated carbocycles. The predicted octanol–water partition coefficient (Wildman–Crippen LogP) is 3.42. The summed E-state index contributed by atoms with van der Waals surface area (Å²) >= 11 is 1.47. The molecule has 0 spiro atoms. The van der Waals surface area contributed by atoms with E-state index in [1.54, 1.807) is 0 Å². The molecule has 0 aromatic heterocycles. The second-order valence-corrected chi connectivity index (χ2v) is 5.34. The molecule has 0 aliphatic heterocycles. The van der Waals surface area contributed by atoms with Crippen LogP contribution < -0.4 is 0 Å². The van der Waals surface area contributed by atoms with Crippen molar-refractivity contribution >= 4 is 3.21 Å². The van der Waals surface area contributed by atoms with E-state index in [-0.39, 0.29) is 0 Å². The molecule has 2 aromatic rings. The first-order valence-corrected chi connectivity index (χ1v) is 6.62. The van der Waals surface area contributed by atoms with Crippen LogP contribution in [0.3, 0.4) is 0 Å². The summed E-state index contributed by atoms with van der Waals surface area (Å²) in [6.07, 6.45) is 0. The summed E-state index contributed by atoms with van der Waals surface area (Å²) in [5.41, 5.74) is 5.35. The fourth-order valence-corrected chi connectivity index (χ4v) is 2.53. The Morgan fingerprint density at radius 3 is 1.62 bits per heavy atom. The minimum atomic E-state index is 1.32. The summed E-state index contributed by atoms with van der Waals surface area (Å²) in [6.45, 7) is 4.28. The van der Waals surface area contributed by atoms with Crippen LogP contribution >= 0.6 is 0 Å². The van der Waals surface area contributed by atoms with E-state index in [9.17, 15) is 0 Å². The summed E-state index contributed by atoms with van der Waals surface area (Å²) in [6, 6.07) is 17.4. The molecule has 0 bridgehead atoms. The molecular weight excluding hydrogens is 271 g/mol. The van der Waals surface area contributed by atoms with Crippen molar-refractivity contribution in [3.05, 3.63) is 70.8 Å². The van der Waals surface area contributed by atoms with Gasteiger partial charge in [-0.3, -0.25) is 0 Å². The number of aryl methyl sites for hydroxylation is 2. The molecule has 16 heavy (non-hydrogen) atoms. The molecular formula is C15H14Zr+2. The van der Waals surface area contributed by atoms with Gasteiger partial charge in [-0.05, 0) is 0 Å². The fraction of sp³-hybridized carbons (Fsp3) is 0.133. The Hall–Kier alpha value is -0.807. The van der Waals surface area contributed by atoms with Crippen molar-refractivity contribution in [1.29, 1.82) is 0 Å². The Morgan fingerprint density at radius 2 is 1.25 bits per heavy atom. The van der Waals surface area contributed by atoms with Gasteiger partial charge in [0.25, 0.3) is 0 Å². The molecule has 0 atom stereocenters. The number of hydrogen-bond donors (Lipinski definition) is 0. The molecule has 0 aliphatic rings. The summed E-state index contributed by atoms with van der Waals surface area (Å²) in [5.74, 6) is 0. The van der Waals surface area contributed by atoms with Gasteiger partial charge in [-0.15, -0.1) is 0 Å². The van der Waals surface area contributed by atoms with E-state index >= 15 is 0 Å². The molecule has 0 unspecified atom stereocenters. The van der Waals surface area contributed by atoms with Gasteiger partial charge in [-0.1, -0.05) is 0 Å². The van der Waals surface area contributed by atoms with Gasteiger partial charge in [0.15, 0.2) is 0 Å². The first-order chi connectivity index (χ1) is 7.66. The van der Waals surface area contributed by atoms with Crippen molar-refractivity contribution in [3.63, 3.8) is 0 Å². The first kappa shape index (κ1) is 11.7. The maximum atomic E-state index is 2.26. The third kappa shape index (κ3) is 2.65. The van der Waals surface area contributed by atoms with E-state index in [4.69, 9.17) is 0 Å². The van der Waals surface area contributed by atoms with E-state index in [1.807, 2.05) is 0 Å². The molecule has 0 nitrogen and oxygen atoms in total. The fourth-order valence-electron chi connectivity index (χ4n) is 1.77. The molecule has 0 heterocycles. The molecule has 0 aliphatic carbocycles. The normalized spacial score (nSPS) is 10.2. The summed E-state index contributed by atoms with van der Waals surface area (Å²) in [4.78, 5) is 0. The molecule has 0 radical (unpaired) electrons. The van der Waals surface area contributed by atoms with E-state index in [1.165, 1.54) is 49.7 Å². The van der Waals surface area contributed by atoms with Gasteiger partial charge in [0.05, 0.1) is 0 Å². The van der Waals surface area contributed by atoms with Gasteiger partial charge in [-0.2, -0.15) is 0 Å². The number of benzene rings is 2. The van der Waals surface area contributed by atoms with E-state index < -0.39 is 0 Å². The second-order valence-electron chi connectivity index (χ2n) is 4.11. The van der Waals surface area contributed by atoms with Crippen LogP contribution in [0.1, 0.15) is 22.3 Å². The average molecular weight is 286 g/mol. The second kappa shape index (κ2) is 5.02. The third-order valence-electron chi connectivity index (χ3n) is 2.61. The average Bonchev–Trinajstić information content (AvgIpc) is 2.28. The van der Waals surface area contributed by atoms with Crippen LogP contribution in [-0.2, 0) is 24.2 Å². The monoisotopic (exact) mass is 284 g/mol. The predicted molar refractivity (Wildman–Crippen MR) is 65.6 cm³/mol. The minimum absolute atomic E-state index is 1.32. The summed E-state index contributed by atoms with van der Waals surface area (Å²) in [5, 5.41) is 0. The first-order valence-electron chi connectivity index (χ1n) is 5.39. The van der Waals surface area contributed by atoms with Crippen LogP contribution in [0, 0.1) is 13.8 Å². The van der Waals surface area contributed by atoms with Crippen LogP contribution in [0.15, 0.2) is 48.5 Å². The summed E-state index contributed by atoms with van der Waals surface area (Å²) in [7, 11) is 0. The molecule has 2 aromatic carbocycles. The Kier molecular flexibility index (Phi) is 3.66. The molecule has 2 rings (SSSR count). The van der Waals surface area contributed by atoms with Gasteiger partial charge in [0.2, 0.25) is 0 Å². The Labute approximate surface area is 112 Å². The quantitative estimate of drug-likeness (QED) is 0.793. The van der Waals surface area contributed by atoms with Crippen molar-refractivity contribution in [2.45, 2.75) is 13.8 Å². The van der Waals surface area contributed by atoms with Gasteiger partial charge in [0, 0.05) is 0 Å². The SMILES string of the molecule is Cc1cccc([C](=[Zr+2])c2cccc(C)c2)c1. The van der Waals surface area contributed by atoms with Gasteiger partial charge < -0.3 is 0 Å². The molecule has 0 saturated heterocycles. The van der Waals surface area contributed by atoms with E-state index in [0.717, 1.165) is 0 Å². The molecule has 0 amide bonds. The zero-order chi connectivity index (χ0) is 11.5. The molecule has 76 valence electrons. The molecule has 1 heteroatoms. The van der Waals surface area contributed by atoms with Crippen molar-refractivity contribution in [2.75, 3.05) is 0 Å². The topological polar surface area (TPSA) is 0 Å². The van der Waals surface area contributed by atoms with Crippen LogP contribution in [0.2, 0.25) is 0 Å². The van der Waals surface area contributed by atoms with Gasteiger partial charge in [0.1, 0.15) is 0 Å². The van der Waals surface area contributed by atoms with Crippen molar-refractivity contribution in [2.24, 2.45) is 0 Å². The third-order valence-corrected chi connectivity index (χ3v) is 4.03. The van der Waals surface area contributed by atoms with Crippen LogP contribution in [-0.4, -0.2) is 3.21 Å². The van der Waals surface area contributed by atoms with Crippen LogP contribution in [0.25, 0.3) is 0 Å². The van der Waals surface area contributed by atoms with Crippen molar-refractivity contribution in [1.82, 2.24) is 0 Å². The van der Waals surface area contributed by atoms with Crippen molar-refractivity contribution < 1.29 is 24.2 Å². The number of hydrogen-bond acceptors (Lipinski definition) is 0. The zero-order valence-corrected chi connectivity index (χ0v) is 12.1. The Balaban J connectivity index is 2.39. The van der Waals surface area contributed by atoms with E-state index in [2.05, 4.69) is 62.4 Å². The zero-order valence-electron chi connectivity index (χ0n) is 9.62. The van der Waals surface area contributed by atoms with E-state index in [0.29, 0.717) is 0 Å². The van der Waals surface area contributed by atoms with Crippen LogP contribution in [0.4, 0.5) is 0 Å². The number of rotatable bonds is 2. The van der Waals surface area contributed by atoms with Crippen LogP contribution in [0.5, 0.6) is 0 Å². The summed E-state index contributed by atoms with van der Waals surface area (Å²) < 4.78 is 1.43. The van der Waals surface area contributed by atoms with Gasteiger partial charge >= 0.3 is 112 Å². The Bertz CT molecular complexity index is 479. The van der Waals surface area contributed by atoms with Crippen molar-refractivity contribution in [3.8, 4) is 0 Å². The maximum absolute atomic E-state index is 2.26. The standard InChI is InChI=1S/C15H14.Zr/c1-12-5-3-7-14(9-12)11-15-8-4-6-13(2)10-15;/h3-10H,1-2H3;/q;+2.